The minimum absolute atomic E-state index is 0.153. The van der Waals surface area contributed by atoms with E-state index < -0.39 is 18.1 Å². The Morgan fingerprint density at radius 3 is 2.24 bits per heavy atom. The van der Waals surface area contributed by atoms with Crippen molar-refractivity contribution in [2.45, 2.75) is 64.9 Å². The number of rotatable bonds is 9. The van der Waals surface area contributed by atoms with Gasteiger partial charge in [-0.25, -0.2) is 4.79 Å². The highest BCUT2D eigenvalue weighted by atomic mass is 19.4. The van der Waals surface area contributed by atoms with E-state index in [1.165, 1.54) is 18.4 Å². The smallest absolute Gasteiger partial charge is 0.489 e. The lowest BCUT2D eigenvalue weighted by molar-refractivity contribution is -0.201. The molecule has 0 radical (unpaired) electrons. The molecule has 1 fully saturated rings. The van der Waals surface area contributed by atoms with Crippen LogP contribution in [0.25, 0.3) is 0 Å². The molecule has 0 saturated carbocycles. The van der Waals surface area contributed by atoms with Gasteiger partial charge in [0.15, 0.2) is 0 Å². The number of hydrogen-bond acceptors (Lipinski definition) is 5. The van der Waals surface area contributed by atoms with E-state index in [2.05, 4.69) is 47.7 Å². The molecule has 2 aromatic carbocycles. The zero-order chi connectivity index (χ0) is 24.7. The second kappa shape index (κ2) is 11.5. The lowest BCUT2D eigenvalue weighted by Gasteiger charge is -2.27. The molecule has 5 nitrogen and oxygen atoms in total. The number of ether oxygens (including phenoxy) is 2. The predicted molar refractivity (Wildman–Crippen MR) is 121 cm³/mol. The van der Waals surface area contributed by atoms with E-state index in [-0.39, 0.29) is 12.8 Å². The van der Waals surface area contributed by atoms with Crippen LogP contribution in [-0.4, -0.2) is 35.6 Å². The first-order valence-electron chi connectivity index (χ1n) is 11.5. The lowest BCUT2D eigenvalue weighted by Crippen LogP contribution is -2.32. The number of nitrogens with zero attached hydrogens (tertiary/aromatic N) is 1. The Balaban J connectivity index is 1.42. The van der Waals surface area contributed by atoms with Crippen molar-refractivity contribution < 1.29 is 32.2 Å². The fourth-order valence-electron chi connectivity index (χ4n) is 4.16. The Hall–Kier alpha value is -2.87. The van der Waals surface area contributed by atoms with Crippen molar-refractivity contribution in [2.75, 3.05) is 6.54 Å². The number of hydrogen-bond donors (Lipinski definition) is 0. The second-order valence-corrected chi connectivity index (χ2v) is 8.93. The number of likely N-dealkylation sites (tertiary alicyclic amines) is 1. The summed E-state index contributed by atoms with van der Waals surface area (Å²) in [5.74, 6) is -2.41. The zero-order valence-corrected chi connectivity index (χ0v) is 19.4. The molecule has 0 aliphatic carbocycles. The topological polar surface area (TPSA) is 55.8 Å². The first-order chi connectivity index (χ1) is 16.1. The molecule has 1 unspecified atom stereocenters. The van der Waals surface area contributed by atoms with Gasteiger partial charge in [-0.05, 0) is 60.5 Å². The molecule has 1 atom stereocenters. The van der Waals surface area contributed by atoms with E-state index in [0.29, 0.717) is 24.3 Å². The Morgan fingerprint density at radius 1 is 1.00 bits per heavy atom. The minimum atomic E-state index is -5.18. The number of carbonyl (C=O) groups excluding carboxylic acids is 2. The third-order valence-corrected chi connectivity index (χ3v) is 5.98. The molecule has 34 heavy (non-hydrogen) atoms. The molecule has 0 amide bonds. The van der Waals surface area contributed by atoms with Crippen LogP contribution in [-0.2, 0) is 33.9 Å². The average Bonchev–Trinajstić information content (AvgIpc) is 3.26. The maximum Gasteiger partial charge on any atom is 0.491 e. The Morgan fingerprint density at radius 2 is 1.62 bits per heavy atom. The van der Waals surface area contributed by atoms with Crippen molar-refractivity contribution in [1.29, 1.82) is 0 Å². The Kier molecular flexibility index (Phi) is 8.72. The minimum Gasteiger partial charge on any atom is -0.489 e. The number of aryl methyl sites for hydroxylation is 1. The van der Waals surface area contributed by atoms with Gasteiger partial charge >= 0.3 is 18.1 Å². The van der Waals surface area contributed by atoms with Crippen LogP contribution in [0.1, 0.15) is 49.8 Å². The van der Waals surface area contributed by atoms with Crippen LogP contribution in [0, 0.1) is 5.92 Å². The molecule has 8 heteroatoms. The van der Waals surface area contributed by atoms with E-state index in [1.807, 2.05) is 0 Å². The van der Waals surface area contributed by atoms with Gasteiger partial charge in [-0.2, -0.15) is 13.2 Å². The quantitative estimate of drug-likeness (QED) is 0.355. The number of benzene rings is 2. The van der Waals surface area contributed by atoms with Crippen molar-refractivity contribution in [3.63, 3.8) is 0 Å². The first-order valence-corrected chi connectivity index (χ1v) is 11.5. The summed E-state index contributed by atoms with van der Waals surface area (Å²) in [6.07, 6.45) is -2.83. The Labute approximate surface area is 197 Å². The van der Waals surface area contributed by atoms with Crippen LogP contribution < -0.4 is 4.74 Å². The van der Waals surface area contributed by atoms with E-state index in [4.69, 9.17) is 4.74 Å². The second-order valence-electron chi connectivity index (χ2n) is 8.93. The highest BCUT2D eigenvalue weighted by Gasteiger charge is 2.42. The highest BCUT2D eigenvalue weighted by Crippen LogP contribution is 2.26. The first kappa shape index (κ1) is 25.7. The van der Waals surface area contributed by atoms with Gasteiger partial charge in [-0.1, -0.05) is 50.2 Å². The molecule has 1 heterocycles. The highest BCUT2D eigenvalue weighted by molar-refractivity contribution is 5.88. The molecule has 3 rings (SSSR count). The van der Waals surface area contributed by atoms with E-state index in [9.17, 15) is 22.8 Å². The third kappa shape index (κ3) is 7.58. The zero-order valence-electron chi connectivity index (χ0n) is 19.4. The van der Waals surface area contributed by atoms with Crippen molar-refractivity contribution in [3.8, 4) is 5.75 Å². The molecule has 184 valence electrons. The fourth-order valence-corrected chi connectivity index (χ4v) is 4.16. The molecular weight excluding hydrogens is 447 g/mol. The predicted octanol–water partition coefficient (Wildman–Crippen LogP) is 5.45. The van der Waals surface area contributed by atoms with E-state index in [0.717, 1.165) is 24.2 Å². The fraction of sp³-hybridized carbons (Fsp3) is 0.462. The maximum atomic E-state index is 12.1. The third-order valence-electron chi connectivity index (χ3n) is 5.98. The van der Waals surface area contributed by atoms with Gasteiger partial charge in [-0.15, -0.1) is 0 Å². The van der Waals surface area contributed by atoms with E-state index >= 15 is 0 Å². The summed E-state index contributed by atoms with van der Waals surface area (Å²) < 4.78 is 45.9. The number of alkyl halides is 3. The van der Waals surface area contributed by atoms with Gasteiger partial charge < -0.3 is 9.47 Å². The van der Waals surface area contributed by atoms with Crippen molar-refractivity contribution >= 4 is 11.9 Å². The molecule has 2 aromatic rings. The summed E-state index contributed by atoms with van der Waals surface area (Å²) in [5.41, 5.74) is 3.05. The van der Waals surface area contributed by atoms with Crippen LogP contribution in [0.15, 0.2) is 48.5 Å². The van der Waals surface area contributed by atoms with Gasteiger partial charge in [0.1, 0.15) is 12.4 Å². The van der Waals surface area contributed by atoms with Crippen LogP contribution in [0.4, 0.5) is 13.2 Å². The monoisotopic (exact) mass is 477 g/mol. The van der Waals surface area contributed by atoms with Gasteiger partial charge in [-0.3, -0.25) is 9.69 Å². The summed E-state index contributed by atoms with van der Waals surface area (Å²) >= 11 is 0. The van der Waals surface area contributed by atoms with Gasteiger partial charge in [0.25, 0.3) is 0 Å². The molecule has 0 N–H and O–H groups in total. The average molecular weight is 478 g/mol. The molecule has 1 aliphatic rings. The van der Waals surface area contributed by atoms with Crippen LogP contribution in [0.2, 0.25) is 0 Å². The number of carbonyl (C=O) groups is 2. The standard InChI is InChI=1S/C26H30F3NO4/c1-18(2)23-4-3-15-30(23)16-20-5-7-21(8-6-20)17-33-22-12-9-19(10-13-22)11-14-24(31)34-25(32)26(27,28)29/h5-10,12-13,18,23H,3-4,11,14-17H2,1-2H3. The van der Waals surface area contributed by atoms with Gasteiger partial charge in [0.2, 0.25) is 0 Å². The molecule has 1 aliphatic heterocycles. The lowest BCUT2D eigenvalue weighted by atomic mass is 10.0. The molecule has 0 bridgehead atoms. The molecule has 0 aromatic heterocycles. The summed E-state index contributed by atoms with van der Waals surface area (Å²) in [4.78, 5) is 24.6. The number of esters is 2. The molecule has 1 saturated heterocycles. The summed E-state index contributed by atoms with van der Waals surface area (Å²) in [5, 5.41) is 0. The molecule has 0 spiro atoms. The SMILES string of the molecule is CC(C)C1CCCN1Cc1ccc(COc2ccc(CCC(=O)OC(=O)C(F)(F)F)cc2)cc1. The number of halogens is 3. The van der Waals surface area contributed by atoms with Crippen LogP contribution in [0.5, 0.6) is 5.75 Å². The van der Waals surface area contributed by atoms with Crippen molar-refractivity contribution in [1.82, 2.24) is 4.90 Å². The Bertz CT molecular complexity index is 956. The molecular formula is C26H30F3NO4. The summed E-state index contributed by atoms with van der Waals surface area (Å²) in [6, 6.07) is 16.0. The normalized spacial score (nSPS) is 16.6. The van der Waals surface area contributed by atoms with Crippen molar-refractivity contribution in [3.05, 3.63) is 65.2 Å². The summed E-state index contributed by atoms with van der Waals surface area (Å²) in [7, 11) is 0. The van der Waals surface area contributed by atoms with Gasteiger partial charge in [0, 0.05) is 12.6 Å². The maximum absolute atomic E-state index is 12.1. The van der Waals surface area contributed by atoms with Crippen LogP contribution in [0.3, 0.4) is 0 Å². The largest absolute Gasteiger partial charge is 0.491 e. The van der Waals surface area contributed by atoms with Crippen molar-refractivity contribution in [2.24, 2.45) is 5.92 Å². The van der Waals surface area contributed by atoms with Gasteiger partial charge in [0.05, 0.1) is 6.42 Å². The van der Waals surface area contributed by atoms with Crippen LogP contribution >= 0.6 is 0 Å². The van der Waals surface area contributed by atoms with E-state index in [1.54, 1.807) is 24.3 Å². The summed E-state index contributed by atoms with van der Waals surface area (Å²) in [6.45, 7) is 7.08.